The highest BCUT2D eigenvalue weighted by atomic mass is 79.9. The standard InChI is InChI=1S/C15H10BrN5O/c1-21-13-8-9(6-7-12(13)18-20-21)14-17-15(22-19-14)10-4-2-3-5-11(10)16/h2-8H,1H3. The summed E-state index contributed by atoms with van der Waals surface area (Å²) < 4.78 is 8.01. The molecule has 4 aromatic rings. The highest BCUT2D eigenvalue weighted by Gasteiger charge is 2.14. The zero-order valence-corrected chi connectivity index (χ0v) is 13.1. The Kier molecular flexibility index (Phi) is 3.00. The van der Waals surface area contributed by atoms with Crippen LogP contribution in [0.15, 0.2) is 51.5 Å². The number of rotatable bonds is 2. The van der Waals surface area contributed by atoms with Gasteiger partial charge in [-0.2, -0.15) is 4.98 Å². The summed E-state index contributed by atoms with van der Waals surface area (Å²) in [5, 5.41) is 12.1. The summed E-state index contributed by atoms with van der Waals surface area (Å²) in [7, 11) is 1.85. The third-order valence-corrected chi connectivity index (χ3v) is 4.09. The molecular weight excluding hydrogens is 346 g/mol. The van der Waals surface area contributed by atoms with E-state index in [2.05, 4.69) is 36.4 Å². The van der Waals surface area contributed by atoms with Gasteiger partial charge in [-0.15, -0.1) is 5.10 Å². The van der Waals surface area contributed by atoms with Crippen LogP contribution in [0.25, 0.3) is 33.9 Å². The summed E-state index contributed by atoms with van der Waals surface area (Å²) in [5.41, 5.74) is 3.48. The minimum atomic E-state index is 0.478. The second kappa shape index (κ2) is 5.03. The van der Waals surface area contributed by atoms with Gasteiger partial charge in [0.2, 0.25) is 5.82 Å². The average molecular weight is 356 g/mol. The maximum Gasteiger partial charge on any atom is 0.259 e. The van der Waals surface area contributed by atoms with Gasteiger partial charge < -0.3 is 4.52 Å². The van der Waals surface area contributed by atoms with E-state index in [1.54, 1.807) is 4.68 Å². The number of benzene rings is 2. The Morgan fingerprint density at radius 2 is 2.00 bits per heavy atom. The second-order valence-corrected chi connectivity index (χ2v) is 5.67. The summed E-state index contributed by atoms with van der Waals surface area (Å²) in [6.07, 6.45) is 0. The zero-order valence-electron chi connectivity index (χ0n) is 11.6. The first-order valence-electron chi connectivity index (χ1n) is 6.61. The third kappa shape index (κ3) is 2.10. The molecule has 0 aliphatic carbocycles. The van der Waals surface area contributed by atoms with Crippen LogP contribution < -0.4 is 0 Å². The predicted octanol–water partition coefficient (Wildman–Crippen LogP) is 3.45. The molecule has 0 unspecified atom stereocenters. The molecule has 0 aliphatic rings. The number of nitrogens with zero attached hydrogens (tertiary/aromatic N) is 5. The van der Waals surface area contributed by atoms with Crippen molar-refractivity contribution in [3.63, 3.8) is 0 Å². The molecule has 4 rings (SSSR count). The van der Waals surface area contributed by atoms with Crippen LogP contribution in [0.5, 0.6) is 0 Å². The molecule has 2 aromatic carbocycles. The normalized spacial score (nSPS) is 11.2. The molecule has 0 spiro atoms. The molecule has 0 fully saturated rings. The van der Waals surface area contributed by atoms with Crippen LogP contribution >= 0.6 is 15.9 Å². The Morgan fingerprint density at radius 3 is 2.86 bits per heavy atom. The van der Waals surface area contributed by atoms with Crippen molar-refractivity contribution in [2.75, 3.05) is 0 Å². The van der Waals surface area contributed by atoms with Gasteiger partial charge >= 0.3 is 0 Å². The van der Waals surface area contributed by atoms with E-state index >= 15 is 0 Å². The van der Waals surface area contributed by atoms with E-state index in [1.165, 1.54) is 0 Å². The molecule has 2 heterocycles. The van der Waals surface area contributed by atoms with Crippen molar-refractivity contribution in [1.82, 2.24) is 25.1 Å². The van der Waals surface area contributed by atoms with E-state index in [0.29, 0.717) is 11.7 Å². The van der Waals surface area contributed by atoms with Crippen LogP contribution in [-0.4, -0.2) is 25.1 Å². The number of hydrogen-bond acceptors (Lipinski definition) is 5. The quantitative estimate of drug-likeness (QED) is 0.550. The molecule has 0 bridgehead atoms. The first-order chi connectivity index (χ1) is 10.7. The summed E-state index contributed by atoms with van der Waals surface area (Å²) in [6.45, 7) is 0. The van der Waals surface area contributed by atoms with Gasteiger partial charge in [0.05, 0.1) is 11.1 Å². The van der Waals surface area contributed by atoms with Crippen molar-refractivity contribution in [2.24, 2.45) is 7.05 Å². The Hall–Kier alpha value is -2.54. The maximum absolute atomic E-state index is 5.38. The summed E-state index contributed by atoms with van der Waals surface area (Å²) >= 11 is 3.49. The molecule has 2 aromatic heterocycles. The lowest BCUT2D eigenvalue weighted by molar-refractivity contribution is 0.432. The molecule has 6 nitrogen and oxygen atoms in total. The topological polar surface area (TPSA) is 69.6 Å². The molecule has 0 saturated heterocycles. The highest BCUT2D eigenvalue weighted by molar-refractivity contribution is 9.10. The molecular formula is C15H10BrN5O. The predicted molar refractivity (Wildman–Crippen MR) is 84.9 cm³/mol. The second-order valence-electron chi connectivity index (χ2n) is 4.82. The molecule has 0 N–H and O–H groups in total. The lowest BCUT2D eigenvalue weighted by atomic mass is 10.2. The van der Waals surface area contributed by atoms with Crippen LogP contribution in [-0.2, 0) is 7.05 Å². The molecule has 7 heteroatoms. The van der Waals surface area contributed by atoms with Gasteiger partial charge in [0.25, 0.3) is 5.89 Å². The van der Waals surface area contributed by atoms with Gasteiger partial charge in [-0.1, -0.05) is 22.5 Å². The first kappa shape index (κ1) is 13.1. The number of fused-ring (bicyclic) bond motifs is 1. The fourth-order valence-corrected chi connectivity index (χ4v) is 2.71. The van der Waals surface area contributed by atoms with E-state index in [-0.39, 0.29) is 0 Å². The van der Waals surface area contributed by atoms with Gasteiger partial charge in [0.15, 0.2) is 0 Å². The SMILES string of the molecule is Cn1nnc2ccc(-c3noc(-c4ccccc4Br)n3)cc21. The van der Waals surface area contributed by atoms with Crippen LogP contribution in [0, 0.1) is 0 Å². The molecule has 0 atom stereocenters. The lowest BCUT2D eigenvalue weighted by Crippen LogP contribution is -1.90. The summed E-state index contributed by atoms with van der Waals surface area (Å²) in [6, 6.07) is 13.5. The van der Waals surface area contributed by atoms with Crippen LogP contribution in [0.4, 0.5) is 0 Å². The fourth-order valence-electron chi connectivity index (χ4n) is 2.25. The number of aryl methyl sites for hydroxylation is 1. The van der Waals surface area contributed by atoms with Gasteiger partial charge in [0.1, 0.15) is 5.52 Å². The Bertz CT molecular complexity index is 975. The van der Waals surface area contributed by atoms with Crippen molar-refractivity contribution in [3.8, 4) is 22.8 Å². The average Bonchev–Trinajstić information content (AvgIpc) is 3.15. The number of hydrogen-bond donors (Lipinski definition) is 0. The molecule has 108 valence electrons. The fraction of sp³-hybridized carbons (Fsp3) is 0.0667. The van der Waals surface area contributed by atoms with E-state index in [0.717, 1.165) is 26.6 Å². The maximum atomic E-state index is 5.38. The Balaban J connectivity index is 1.80. The number of aromatic nitrogens is 5. The van der Waals surface area contributed by atoms with Crippen molar-refractivity contribution >= 4 is 27.0 Å². The van der Waals surface area contributed by atoms with E-state index in [4.69, 9.17) is 4.52 Å². The van der Waals surface area contributed by atoms with Gasteiger partial charge in [0, 0.05) is 17.1 Å². The molecule has 22 heavy (non-hydrogen) atoms. The minimum Gasteiger partial charge on any atom is -0.334 e. The molecule has 0 aliphatic heterocycles. The van der Waals surface area contributed by atoms with Crippen molar-refractivity contribution in [2.45, 2.75) is 0 Å². The van der Waals surface area contributed by atoms with E-state index in [9.17, 15) is 0 Å². The molecule has 0 saturated carbocycles. The zero-order chi connectivity index (χ0) is 15.1. The van der Waals surface area contributed by atoms with Crippen LogP contribution in [0.2, 0.25) is 0 Å². The van der Waals surface area contributed by atoms with Crippen molar-refractivity contribution in [3.05, 3.63) is 46.9 Å². The smallest absolute Gasteiger partial charge is 0.259 e. The first-order valence-corrected chi connectivity index (χ1v) is 7.40. The highest BCUT2D eigenvalue weighted by Crippen LogP contribution is 2.29. The van der Waals surface area contributed by atoms with Crippen LogP contribution in [0.3, 0.4) is 0 Å². The van der Waals surface area contributed by atoms with Crippen molar-refractivity contribution < 1.29 is 4.52 Å². The van der Waals surface area contributed by atoms with E-state index < -0.39 is 0 Å². The lowest BCUT2D eigenvalue weighted by Gasteiger charge is -1.97. The molecule has 0 radical (unpaired) electrons. The largest absolute Gasteiger partial charge is 0.334 e. The third-order valence-electron chi connectivity index (χ3n) is 3.40. The van der Waals surface area contributed by atoms with Gasteiger partial charge in [-0.05, 0) is 46.3 Å². The summed E-state index contributed by atoms with van der Waals surface area (Å²) in [4.78, 5) is 4.47. The Labute approximate surface area is 133 Å². The van der Waals surface area contributed by atoms with Gasteiger partial charge in [-0.25, -0.2) is 4.68 Å². The monoisotopic (exact) mass is 355 g/mol. The Morgan fingerprint density at radius 1 is 1.14 bits per heavy atom. The van der Waals surface area contributed by atoms with Gasteiger partial charge in [-0.3, -0.25) is 0 Å². The minimum absolute atomic E-state index is 0.478. The van der Waals surface area contributed by atoms with Crippen LogP contribution in [0.1, 0.15) is 0 Å². The van der Waals surface area contributed by atoms with Crippen molar-refractivity contribution in [1.29, 1.82) is 0 Å². The molecule has 0 amide bonds. The van der Waals surface area contributed by atoms with E-state index in [1.807, 2.05) is 49.5 Å². The summed E-state index contributed by atoms with van der Waals surface area (Å²) in [5.74, 6) is 1.01. The number of halogens is 1.